The molecule has 2 fully saturated rings. The number of hydrogen-bond acceptors (Lipinski definition) is 4. The number of amides is 1. The van der Waals surface area contributed by atoms with Gasteiger partial charge in [-0.1, -0.05) is 6.92 Å². The zero-order valence-corrected chi connectivity index (χ0v) is 15.8. The third-order valence-corrected chi connectivity index (χ3v) is 7.11. The second kappa shape index (κ2) is 6.90. The van der Waals surface area contributed by atoms with Gasteiger partial charge >= 0.3 is 5.97 Å². The molecule has 1 aromatic carbocycles. The van der Waals surface area contributed by atoms with E-state index in [0.29, 0.717) is 42.7 Å². The van der Waals surface area contributed by atoms with Crippen LogP contribution < -0.4 is 4.31 Å². The quantitative estimate of drug-likeness (QED) is 0.864. The minimum atomic E-state index is -3.28. The van der Waals surface area contributed by atoms with E-state index in [4.69, 9.17) is 0 Å². The molecule has 2 saturated heterocycles. The largest absolute Gasteiger partial charge is 0.480 e. The summed E-state index contributed by atoms with van der Waals surface area (Å²) in [6.45, 7) is 4.61. The maximum atomic E-state index is 12.9. The van der Waals surface area contributed by atoms with Gasteiger partial charge in [-0.05, 0) is 55.9 Å². The van der Waals surface area contributed by atoms with E-state index in [9.17, 15) is 23.1 Å². The summed E-state index contributed by atoms with van der Waals surface area (Å²) >= 11 is 0. The molecule has 0 aliphatic carbocycles. The molecule has 0 radical (unpaired) electrons. The lowest BCUT2D eigenvalue weighted by molar-refractivity contribution is -0.144. The number of anilines is 1. The van der Waals surface area contributed by atoms with Crippen LogP contribution in [-0.2, 0) is 14.8 Å². The normalized spacial score (nSPS) is 25.3. The number of benzene rings is 1. The highest BCUT2D eigenvalue weighted by molar-refractivity contribution is 7.93. The molecule has 2 aliphatic rings. The van der Waals surface area contributed by atoms with Crippen LogP contribution in [0.2, 0.25) is 0 Å². The Balaban J connectivity index is 1.87. The van der Waals surface area contributed by atoms with E-state index >= 15 is 0 Å². The van der Waals surface area contributed by atoms with Crippen molar-refractivity contribution in [2.45, 2.75) is 39.2 Å². The van der Waals surface area contributed by atoms with Crippen molar-refractivity contribution >= 4 is 27.6 Å². The van der Waals surface area contributed by atoms with Crippen LogP contribution in [0.4, 0.5) is 5.69 Å². The smallest absolute Gasteiger partial charge is 0.326 e. The number of likely N-dealkylation sites (tertiary alicyclic amines) is 1. The first-order valence-corrected chi connectivity index (χ1v) is 10.5. The lowest BCUT2D eigenvalue weighted by Gasteiger charge is -2.36. The molecule has 142 valence electrons. The Morgan fingerprint density at radius 1 is 1.23 bits per heavy atom. The Morgan fingerprint density at radius 2 is 1.96 bits per heavy atom. The number of carbonyl (C=O) groups is 2. The number of carbonyl (C=O) groups excluding carboxylic acids is 1. The summed E-state index contributed by atoms with van der Waals surface area (Å²) in [6.07, 6.45) is 1.82. The number of hydrogen-bond donors (Lipinski definition) is 1. The van der Waals surface area contributed by atoms with Gasteiger partial charge < -0.3 is 10.0 Å². The van der Waals surface area contributed by atoms with Crippen LogP contribution in [0.15, 0.2) is 18.2 Å². The monoisotopic (exact) mass is 380 g/mol. The molecule has 8 heteroatoms. The van der Waals surface area contributed by atoms with Crippen LogP contribution in [0, 0.1) is 12.8 Å². The summed E-state index contributed by atoms with van der Waals surface area (Å²) in [4.78, 5) is 25.9. The lowest BCUT2D eigenvalue weighted by Crippen LogP contribution is -2.49. The number of carboxylic acids is 1. The summed E-state index contributed by atoms with van der Waals surface area (Å²) in [6, 6.07) is 4.12. The molecule has 1 aromatic rings. The maximum absolute atomic E-state index is 12.9. The van der Waals surface area contributed by atoms with Gasteiger partial charge in [-0.25, -0.2) is 13.2 Å². The van der Waals surface area contributed by atoms with Gasteiger partial charge in [0.15, 0.2) is 0 Å². The zero-order valence-electron chi connectivity index (χ0n) is 15.0. The van der Waals surface area contributed by atoms with E-state index < -0.39 is 22.0 Å². The van der Waals surface area contributed by atoms with Gasteiger partial charge in [0.1, 0.15) is 6.04 Å². The highest BCUT2D eigenvalue weighted by Crippen LogP contribution is 2.29. The van der Waals surface area contributed by atoms with Gasteiger partial charge in [0, 0.05) is 18.7 Å². The summed E-state index contributed by atoms with van der Waals surface area (Å²) in [5, 5.41) is 9.47. The predicted octanol–water partition coefficient (Wildman–Crippen LogP) is 1.86. The number of nitrogens with zero attached hydrogens (tertiary/aromatic N) is 2. The van der Waals surface area contributed by atoms with Crippen LogP contribution in [0.25, 0.3) is 0 Å². The van der Waals surface area contributed by atoms with Crippen LogP contribution in [-0.4, -0.2) is 55.2 Å². The van der Waals surface area contributed by atoms with Gasteiger partial charge in [0.05, 0.1) is 11.4 Å². The fourth-order valence-corrected chi connectivity index (χ4v) is 5.30. The summed E-state index contributed by atoms with van der Waals surface area (Å²) < 4.78 is 25.5. The molecule has 2 heterocycles. The van der Waals surface area contributed by atoms with Crippen molar-refractivity contribution in [3.05, 3.63) is 29.3 Å². The van der Waals surface area contributed by atoms with Gasteiger partial charge in [0.25, 0.3) is 5.91 Å². The molecule has 2 unspecified atom stereocenters. The number of piperidine rings is 1. The predicted molar refractivity (Wildman–Crippen MR) is 97.8 cm³/mol. The Bertz CT molecular complexity index is 836. The molecule has 1 amide bonds. The first kappa shape index (κ1) is 18.7. The van der Waals surface area contributed by atoms with E-state index in [1.807, 2.05) is 6.92 Å². The average molecular weight is 380 g/mol. The van der Waals surface area contributed by atoms with E-state index in [-0.39, 0.29) is 17.6 Å². The summed E-state index contributed by atoms with van der Waals surface area (Å²) in [7, 11) is -3.28. The van der Waals surface area contributed by atoms with Gasteiger partial charge in [0.2, 0.25) is 10.0 Å². The van der Waals surface area contributed by atoms with E-state index in [1.54, 1.807) is 25.1 Å². The second-order valence-electron chi connectivity index (χ2n) is 7.22. The fraction of sp³-hybridized carbons (Fsp3) is 0.556. The third kappa shape index (κ3) is 3.42. The average Bonchev–Trinajstić information content (AvgIpc) is 2.93. The highest BCUT2D eigenvalue weighted by Gasteiger charge is 2.36. The number of carboxylic acid groups (broad SMARTS) is 1. The van der Waals surface area contributed by atoms with Crippen molar-refractivity contribution in [2.24, 2.45) is 5.92 Å². The molecular formula is C18H24N2O5S. The molecule has 2 atom stereocenters. The van der Waals surface area contributed by atoms with Crippen LogP contribution in [0.1, 0.15) is 42.1 Å². The second-order valence-corrected chi connectivity index (χ2v) is 9.24. The minimum Gasteiger partial charge on any atom is -0.480 e. The molecular weight excluding hydrogens is 356 g/mol. The van der Waals surface area contributed by atoms with Crippen LogP contribution in [0.3, 0.4) is 0 Å². The molecule has 0 spiro atoms. The Kier molecular flexibility index (Phi) is 4.96. The molecule has 3 rings (SSSR count). The minimum absolute atomic E-state index is 0.138. The number of aryl methyl sites for hydroxylation is 1. The van der Waals surface area contributed by atoms with E-state index in [1.165, 1.54) is 9.21 Å². The Hall–Kier alpha value is -2.09. The topological polar surface area (TPSA) is 95.0 Å². The Morgan fingerprint density at radius 3 is 2.54 bits per heavy atom. The first-order chi connectivity index (χ1) is 12.2. The van der Waals surface area contributed by atoms with Gasteiger partial charge in [-0.3, -0.25) is 9.10 Å². The van der Waals surface area contributed by atoms with Crippen molar-refractivity contribution in [3.63, 3.8) is 0 Å². The van der Waals surface area contributed by atoms with Gasteiger partial charge in [-0.2, -0.15) is 0 Å². The standard InChI is InChI=1S/C18H24N2O5S/c1-12-6-8-19(16(10-12)18(22)23)17(21)15-5-4-14(11-13(15)2)20-7-3-9-26(20,24)25/h4-5,11-12,16H,3,6-10H2,1-2H3,(H,22,23). The summed E-state index contributed by atoms with van der Waals surface area (Å²) in [5.41, 5.74) is 1.63. The van der Waals surface area contributed by atoms with Crippen LogP contribution in [0.5, 0.6) is 0 Å². The highest BCUT2D eigenvalue weighted by atomic mass is 32.2. The maximum Gasteiger partial charge on any atom is 0.326 e. The first-order valence-electron chi connectivity index (χ1n) is 8.85. The SMILES string of the molecule is Cc1cc(N2CCCS2(=O)=O)ccc1C(=O)N1CCC(C)CC1C(=O)O. The molecule has 7 nitrogen and oxygen atoms in total. The van der Waals surface area contributed by atoms with Crippen molar-refractivity contribution in [1.82, 2.24) is 4.90 Å². The zero-order chi connectivity index (χ0) is 19.1. The lowest BCUT2D eigenvalue weighted by atomic mass is 9.91. The number of rotatable bonds is 3. The van der Waals surface area contributed by atoms with Crippen LogP contribution >= 0.6 is 0 Å². The molecule has 1 N–H and O–H groups in total. The molecule has 0 saturated carbocycles. The van der Waals surface area contributed by atoms with E-state index in [0.717, 1.165) is 6.42 Å². The molecule has 26 heavy (non-hydrogen) atoms. The third-order valence-electron chi connectivity index (χ3n) is 5.24. The molecule has 0 aromatic heterocycles. The summed E-state index contributed by atoms with van der Waals surface area (Å²) in [5.74, 6) is -0.886. The van der Waals surface area contributed by atoms with Crippen molar-refractivity contribution in [3.8, 4) is 0 Å². The van der Waals surface area contributed by atoms with Crippen molar-refractivity contribution in [2.75, 3.05) is 23.1 Å². The fourth-order valence-electron chi connectivity index (χ4n) is 3.75. The van der Waals surface area contributed by atoms with E-state index in [2.05, 4.69) is 0 Å². The van der Waals surface area contributed by atoms with Crippen molar-refractivity contribution < 1.29 is 23.1 Å². The van der Waals surface area contributed by atoms with Crippen molar-refractivity contribution in [1.29, 1.82) is 0 Å². The Labute approximate surface area is 153 Å². The number of sulfonamides is 1. The van der Waals surface area contributed by atoms with Gasteiger partial charge in [-0.15, -0.1) is 0 Å². The molecule has 0 bridgehead atoms. The number of aliphatic carboxylic acids is 1. The molecule has 2 aliphatic heterocycles.